The topological polar surface area (TPSA) is 64.0 Å². The van der Waals surface area contributed by atoms with Crippen LogP contribution in [0.3, 0.4) is 0 Å². The van der Waals surface area contributed by atoms with E-state index in [1.165, 1.54) is 0 Å². The molecule has 0 aliphatic carbocycles. The Balaban J connectivity index is 1.99. The summed E-state index contributed by atoms with van der Waals surface area (Å²) in [6.45, 7) is 14.0. The van der Waals surface area contributed by atoms with Gasteiger partial charge in [-0.2, -0.15) is 5.10 Å². The summed E-state index contributed by atoms with van der Waals surface area (Å²) in [5, 5.41) is 6.61. The molecule has 29 heavy (non-hydrogen) atoms. The number of nitrogens with zero attached hydrogens (tertiary/aromatic N) is 2. The number of sulfonamides is 1. The van der Waals surface area contributed by atoms with Crippen molar-refractivity contribution in [2.75, 3.05) is 6.54 Å². The quantitative estimate of drug-likeness (QED) is 0.617. The summed E-state index contributed by atoms with van der Waals surface area (Å²) in [6, 6.07) is 5.83. The Labute approximate surface area is 177 Å². The van der Waals surface area contributed by atoms with E-state index in [0.29, 0.717) is 4.90 Å². The summed E-state index contributed by atoms with van der Waals surface area (Å²) in [5.41, 5.74) is 6.77. The molecule has 2 aromatic heterocycles. The second-order valence-electron chi connectivity index (χ2n) is 7.71. The zero-order chi connectivity index (χ0) is 21.5. The molecule has 0 aliphatic heterocycles. The van der Waals surface area contributed by atoms with Gasteiger partial charge in [-0.1, -0.05) is 6.07 Å². The average molecular weight is 432 g/mol. The standard InChI is InChI=1S/C22H29N3O2S2/c1-13-11-14(2)25(24-13)20(21-9-8-10-28-21)12-23-29(26,27)22-18(6)16(4)15(3)17(5)19(22)7/h8-11,20,23H,12H2,1-7H3. The highest BCUT2D eigenvalue weighted by molar-refractivity contribution is 7.89. The van der Waals surface area contributed by atoms with Crippen molar-refractivity contribution in [1.82, 2.24) is 14.5 Å². The molecular formula is C22H29N3O2S2. The average Bonchev–Trinajstić information content (AvgIpc) is 3.28. The number of hydrogen-bond acceptors (Lipinski definition) is 4. The first kappa shape index (κ1) is 21.7. The van der Waals surface area contributed by atoms with Crippen LogP contribution in [0.2, 0.25) is 0 Å². The van der Waals surface area contributed by atoms with E-state index in [9.17, 15) is 8.42 Å². The van der Waals surface area contributed by atoms with E-state index in [1.807, 2.05) is 76.7 Å². The van der Waals surface area contributed by atoms with Gasteiger partial charge in [0.1, 0.15) is 0 Å². The lowest BCUT2D eigenvalue weighted by Crippen LogP contribution is -2.33. The van der Waals surface area contributed by atoms with Crippen molar-refractivity contribution >= 4 is 21.4 Å². The van der Waals surface area contributed by atoms with Crippen molar-refractivity contribution in [3.8, 4) is 0 Å². The van der Waals surface area contributed by atoms with Crippen molar-refractivity contribution in [3.05, 3.63) is 67.7 Å². The molecule has 0 amide bonds. The highest BCUT2D eigenvalue weighted by atomic mass is 32.2. The first-order valence-corrected chi connectivity index (χ1v) is 12.0. The van der Waals surface area contributed by atoms with Gasteiger partial charge in [0.05, 0.1) is 16.6 Å². The summed E-state index contributed by atoms with van der Waals surface area (Å²) in [7, 11) is -3.67. The van der Waals surface area contributed by atoms with Crippen LogP contribution in [0.1, 0.15) is 50.1 Å². The van der Waals surface area contributed by atoms with E-state index in [0.717, 1.165) is 44.1 Å². The van der Waals surface area contributed by atoms with Gasteiger partial charge in [0.15, 0.2) is 0 Å². The molecule has 156 valence electrons. The molecule has 3 aromatic rings. The Kier molecular flexibility index (Phi) is 6.03. The molecule has 0 bridgehead atoms. The summed E-state index contributed by atoms with van der Waals surface area (Å²) in [6.07, 6.45) is 0. The van der Waals surface area contributed by atoms with Crippen LogP contribution in [0.15, 0.2) is 28.5 Å². The minimum absolute atomic E-state index is 0.188. The number of rotatable bonds is 6. The highest BCUT2D eigenvalue weighted by Gasteiger charge is 2.26. The number of aryl methyl sites for hydroxylation is 2. The number of thiophene rings is 1. The van der Waals surface area contributed by atoms with Gasteiger partial charge in [0, 0.05) is 17.1 Å². The maximum absolute atomic E-state index is 13.3. The van der Waals surface area contributed by atoms with Gasteiger partial charge < -0.3 is 0 Å². The SMILES string of the molecule is Cc1cc(C)n(C(CNS(=O)(=O)c2c(C)c(C)c(C)c(C)c2C)c2cccs2)n1. The predicted octanol–water partition coefficient (Wildman–Crippen LogP) is 4.67. The van der Waals surface area contributed by atoms with Gasteiger partial charge in [-0.05, 0) is 93.8 Å². The summed E-state index contributed by atoms with van der Waals surface area (Å²) < 4.78 is 31.5. The fraction of sp³-hybridized carbons (Fsp3) is 0.409. The zero-order valence-electron chi connectivity index (χ0n) is 18.1. The molecule has 0 spiro atoms. The summed E-state index contributed by atoms with van der Waals surface area (Å²) in [5.74, 6) is 0. The van der Waals surface area contributed by atoms with Crippen molar-refractivity contribution in [3.63, 3.8) is 0 Å². The number of hydrogen-bond donors (Lipinski definition) is 1. The summed E-state index contributed by atoms with van der Waals surface area (Å²) in [4.78, 5) is 1.47. The zero-order valence-corrected chi connectivity index (χ0v) is 19.8. The van der Waals surface area contributed by atoms with Crippen LogP contribution in [0.5, 0.6) is 0 Å². The van der Waals surface area contributed by atoms with Gasteiger partial charge in [0.2, 0.25) is 10.0 Å². The lowest BCUT2D eigenvalue weighted by atomic mass is 9.95. The van der Waals surface area contributed by atoms with Crippen LogP contribution in [0, 0.1) is 48.5 Å². The largest absolute Gasteiger partial charge is 0.260 e. The van der Waals surface area contributed by atoms with E-state index in [4.69, 9.17) is 0 Å². The first-order valence-electron chi connectivity index (χ1n) is 9.67. The van der Waals surface area contributed by atoms with Gasteiger partial charge in [0.25, 0.3) is 0 Å². The third-order valence-corrected chi connectivity index (χ3v) is 8.55. The van der Waals surface area contributed by atoms with E-state index in [2.05, 4.69) is 9.82 Å². The maximum Gasteiger partial charge on any atom is 0.241 e. The molecule has 0 fully saturated rings. The van der Waals surface area contributed by atoms with Gasteiger partial charge in [-0.25, -0.2) is 13.1 Å². The van der Waals surface area contributed by atoms with Crippen LogP contribution >= 0.6 is 11.3 Å². The van der Waals surface area contributed by atoms with E-state index < -0.39 is 10.0 Å². The first-order chi connectivity index (χ1) is 13.5. The fourth-order valence-electron chi connectivity index (χ4n) is 3.88. The molecule has 1 atom stereocenters. The van der Waals surface area contributed by atoms with Gasteiger partial charge in [-0.15, -0.1) is 11.3 Å². The van der Waals surface area contributed by atoms with E-state index in [1.54, 1.807) is 11.3 Å². The Morgan fingerprint density at radius 1 is 1.00 bits per heavy atom. The summed E-state index contributed by atoms with van der Waals surface area (Å²) >= 11 is 1.61. The van der Waals surface area contributed by atoms with E-state index in [-0.39, 0.29) is 12.6 Å². The molecule has 5 nitrogen and oxygen atoms in total. The molecule has 1 aromatic carbocycles. The third kappa shape index (κ3) is 4.04. The van der Waals surface area contributed by atoms with Crippen molar-refractivity contribution in [2.45, 2.75) is 59.4 Å². The second kappa shape index (κ2) is 8.05. The van der Waals surface area contributed by atoms with E-state index >= 15 is 0 Å². The third-order valence-electron chi connectivity index (χ3n) is 5.88. The Hall–Kier alpha value is -1.96. The van der Waals surface area contributed by atoms with Gasteiger partial charge >= 0.3 is 0 Å². The minimum atomic E-state index is -3.67. The predicted molar refractivity (Wildman–Crippen MR) is 119 cm³/mol. The lowest BCUT2D eigenvalue weighted by Gasteiger charge is -2.22. The molecule has 0 saturated carbocycles. The fourth-order valence-corrected chi connectivity index (χ4v) is 6.33. The normalized spacial score (nSPS) is 13.1. The lowest BCUT2D eigenvalue weighted by molar-refractivity contribution is 0.499. The highest BCUT2D eigenvalue weighted by Crippen LogP contribution is 2.30. The maximum atomic E-state index is 13.3. The van der Waals surface area contributed by atoms with Crippen LogP contribution in [-0.2, 0) is 10.0 Å². The Bertz CT molecular complexity index is 1110. The second-order valence-corrected chi connectivity index (χ2v) is 10.4. The molecule has 1 N–H and O–H groups in total. The minimum Gasteiger partial charge on any atom is -0.260 e. The molecule has 0 saturated heterocycles. The van der Waals surface area contributed by atoms with Crippen LogP contribution in [0.4, 0.5) is 0 Å². The molecule has 2 heterocycles. The van der Waals surface area contributed by atoms with Crippen molar-refractivity contribution < 1.29 is 8.42 Å². The molecule has 0 radical (unpaired) electrons. The molecule has 3 rings (SSSR count). The van der Waals surface area contributed by atoms with Gasteiger partial charge in [-0.3, -0.25) is 4.68 Å². The molecule has 7 heteroatoms. The number of aromatic nitrogens is 2. The van der Waals surface area contributed by atoms with Crippen LogP contribution in [-0.4, -0.2) is 24.7 Å². The Morgan fingerprint density at radius 3 is 2.07 bits per heavy atom. The monoisotopic (exact) mass is 431 g/mol. The van der Waals surface area contributed by atoms with Crippen LogP contribution in [0.25, 0.3) is 0 Å². The number of benzene rings is 1. The molecule has 1 unspecified atom stereocenters. The molecule has 0 aliphatic rings. The molecular weight excluding hydrogens is 402 g/mol. The Morgan fingerprint density at radius 2 is 1.59 bits per heavy atom. The van der Waals surface area contributed by atoms with Crippen molar-refractivity contribution in [1.29, 1.82) is 0 Å². The van der Waals surface area contributed by atoms with Crippen LogP contribution < -0.4 is 4.72 Å². The smallest absolute Gasteiger partial charge is 0.241 e. The number of nitrogens with one attached hydrogen (secondary N) is 1. The van der Waals surface area contributed by atoms with Crippen molar-refractivity contribution in [2.24, 2.45) is 0 Å².